The van der Waals surface area contributed by atoms with E-state index in [-0.39, 0.29) is 5.56 Å². The minimum absolute atomic E-state index is 0.109. The van der Waals surface area contributed by atoms with Crippen molar-refractivity contribution in [3.05, 3.63) is 34.6 Å². The van der Waals surface area contributed by atoms with E-state index in [2.05, 4.69) is 14.8 Å². The Labute approximate surface area is 219 Å². The van der Waals surface area contributed by atoms with Gasteiger partial charge in [0.25, 0.3) is 5.56 Å². The molecule has 2 aliphatic rings. The van der Waals surface area contributed by atoms with E-state index in [1.54, 1.807) is 24.0 Å². The van der Waals surface area contributed by atoms with E-state index >= 15 is 0 Å². The van der Waals surface area contributed by atoms with E-state index in [0.29, 0.717) is 76.0 Å². The molecule has 4 aromatic heterocycles. The Hall–Kier alpha value is -3.33. The number of nitrogens with one attached hydrogen (secondary N) is 1. The molecule has 6 rings (SSSR count). The van der Waals surface area contributed by atoms with E-state index in [4.69, 9.17) is 19.7 Å². The molecule has 4 aromatic rings. The fourth-order valence-electron chi connectivity index (χ4n) is 5.22. The molecule has 2 aliphatic heterocycles. The smallest absolute Gasteiger partial charge is 0.274 e. The Bertz CT molecular complexity index is 1680. The SMILES string of the molecule is Cn1cc(-c2nc(N3CCOCC3)c3nc(CN4CCN(S(C)(=O)=O)CC4)n(C)c3n2)c2cc[nH]c2c1=O. The fraction of sp³-hybridized carbons (Fsp3) is 0.500. The number of pyridine rings is 1. The van der Waals surface area contributed by atoms with Gasteiger partial charge < -0.3 is 23.8 Å². The van der Waals surface area contributed by atoms with Gasteiger partial charge in [0.2, 0.25) is 10.0 Å². The normalized spacial score (nSPS) is 18.1. The monoisotopic (exact) mass is 541 g/mol. The second-order valence-electron chi connectivity index (χ2n) is 9.89. The van der Waals surface area contributed by atoms with Crippen molar-refractivity contribution in [3.8, 4) is 11.4 Å². The van der Waals surface area contributed by atoms with Crippen LogP contribution in [0.1, 0.15) is 5.82 Å². The summed E-state index contributed by atoms with van der Waals surface area (Å²) in [5.74, 6) is 2.10. The highest BCUT2D eigenvalue weighted by atomic mass is 32.2. The van der Waals surface area contributed by atoms with Crippen molar-refractivity contribution >= 4 is 37.9 Å². The average molecular weight is 542 g/mol. The van der Waals surface area contributed by atoms with Crippen LogP contribution in [-0.4, -0.2) is 105 Å². The third-order valence-electron chi connectivity index (χ3n) is 7.40. The minimum atomic E-state index is -3.19. The van der Waals surface area contributed by atoms with Crippen LogP contribution in [0.15, 0.2) is 23.3 Å². The van der Waals surface area contributed by atoms with E-state index in [0.717, 1.165) is 28.1 Å². The van der Waals surface area contributed by atoms with Gasteiger partial charge in [0.15, 0.2) is 22.8 Å². The summed E-state index contributed by atoms with van der Waals surface area (Å²) < 4.78 is 34.4. The summed E-state index contributed by atoms with van der Waals surface area (Å²) in [6, 6.07) is 1.87. The molecule has 6 heterocycles. The molecule has 0 bridgehead atoms. The largest absolute Gasteiger partial charge is 0.378 e. The summed E-state index contributed by atoms with van der Waals surface area (Å²) in [5, 5.41) is 0.770. The second-order valence-corrected chi connectivity index (χ2v) is 11.9. The van der Waals surface area contributed by atoms with Gasteiger partial charge in [0.05, 0.1) is 26.0 Å². The zero-order chi connectivity index (χ0) is 26.6. The molecule has 0 atom stereocenters. The molecular formula is C24H31N9O4S. The zero-order valence-electron chi connectivity index (χ0n) is 21.7. The van der Waals surface area contributed by atoms with Gasteiger partial charge in [-0.3, -0.25) is 9.69 Å². The molecule has 14 heteroatoms. The lowest BCUT2D eigenvalue weighted by Gasteiger charge is -2.32. The van der Waals surface area contributed by atoms with Crippen molar-refractivity contribution in [1.29, 1.82) is 0 Å². The number of sulfonamides is 1. The number of imidazole rings is 1. The van der Waals surface area contributed by atoms with E-state index in [1.165, 1.54) is 10.6 Å². The summed E-state index contributed by atoms with van der Waals surface area (Å²) in [6.45, 7) is 5.36. The molecule has 0 radical (unpaired) electrons. The third kappa shape index (κ3) is 4.36. The first-order chi connectivity index (χ1) is 18.2. The Balaban J connectivity index is 1.43. The van der Waals surface area contributed by atoms with Crippen LogP contribution in [0.5, 0.6) is 0 Å². The summed E-state index contributed by atoms with van der Waals surface area (Å²) >= 11 is 0. The molecule has 0 spiro atoms. The first-order valence-electron chi connectivity index (χ1n) is 12.6. The van der Waals surface area contributed by atoms with Crippen LogP contribution in [0, 0.1) is 0 Å². The molecule has 2 fully saturated rings. The minimum Gasteiger partial charge on any atom is -0.378 e. The van der Waals surface area contributed by atoms with Crippen molar-refractivity contribution in [1.82, 2.24) is 38.3 Å². The number of anilines is 1. The lowest BCUT2D eigenvalue weighted by molar-refractivity contribution is 0.122. The van der Waals surface area contributed by atoms with Crippen molar-refractivity contribution in [3.63, 3.8) is 0 Å². The number of aromatic nitrogens is 6. The number of aromatic amines is 1. The van der Waals surface area contributed by atoms with Crippen LogP contribution in [0.4, 0.5) is 5.82 Å². The van der Waals surface area contributed by atoms with Crippen LogP contribution >= 0.6 is 0 Å². The van der Waals surface area contributed by atoms with Gasteiger partial charge >= 0.3 is 0 Å². The molecule has 0 amide bonds. The summed E-state index contributed by atoms with van der Waals surface area (Å²) in [5.41, 5.74) is 2.60. The van der Waals surface area contributed by atoms with Gasteiger partial charge in [0.1, 0.15) is 11.3 Å². The van der Waals surface area contributed by atoms with Crippen LogP contribution in [0.25, 0.3) is 33.5 Å². The Morgan fingerprint density at radius 3 is 2.47 bits per heavy atom. The van der Waals surface area contributed by atoms with Crippen LogP contribution in [-0.2, 0) is 35.4 Å². The van der Waals surface area contributed by atoms with E-state index in [9.17, 15) is 13.2 Å². The predicted molar refractivity (Wildman–Crippen MR) is 144 cm³/mol. The maximum absolute atomic E-state index is 12.6. The molecule has 0 aliphatic carbocycles. The number of rotatable bonds is 5. The lowest BCUT2D eigenvalue weighted by Crippen LogP contribution is -2.48. The summed E-state index contributed by atoms with van der Waals surface area (Å²) in [4.78, 5) is 35.0. The highest BCUT2D eigenvalue weighted by Gasteiger charge is 2.27. The molecule has 2 saturated heterocycles. The Morgan fingerprint density at radius 2 is 1.76 bits per heavy atom. The second kappa shape index (κ2) is 9.45. The number of nitrogens with zero attached hydrogens (tertiary/aromatic N) is 8. The van der Waals surface area contributed by atoms with Gasteiger partial charge in [-0.2, -0.15) is 4.31 Å². The number of ether oxygens (including phenoxy) is 1. The molecule has 1 N–H and O–H groups in total. The maximum atomic E-state index is 12.6. The van der Waals surface area contributed by atoms with Crippen molar-refractivity contribution in [2.75, 3.05) is 63.6 Å². The number of fused-ring (bicyclic) bond motifs is 2. The average Bonchev–Trinajstić information content (AvgIpc) is 3.52. The van der Waals surface area contributed by atoms with Crippen LogP contribution in [0.2, 0.25) is 0 Å². The van der Waals surface area contributed by atoms with Gasteiger partial charge in [-0.1, -0.05) is 0 Å². The zero-order valence-corrected chi connectivity index (χ0v) is 22.5. The van der Waals surface area contributed by atoms with Gasteiger partial charge in [-0.15, -0.1) is 0 Å². The number of aryl methyl sites for hydroxylation is 2. The Kier molecular flexibility index (Phi) is 6.21. The molecule has 0 unspecified atom stereocenters. The Morgan fingerprint density at radius 1 is 1.03 bits per heavy atom. The number of hydrogen-bond donors (Lipinski definition) is 1. The first-order valence-corrected chi connectivity index (χ1v) is 14.5. The topological polar surface area (TPSA) is 134 Å². The quantitative estimate of drug-likeness (QED) is 0.374. The number of H-pyrrole nitrogens is 1. The van der Waals surface area contributed by atoms with Crippen molar-refractivity contribution < 1.29 is 13.2 Å². The molecule has 0 saturated carbocycles. The molecule has 13 nitrogen and oxygen atoms in total. The van der Waals surface area contributed by atoms with Gasteiger partial charge in [0, 0.05) is 76.7 Å². The third-order valence-corrected chi connectivity index (χ3v) is 8.71. The molecular weight excluding hydrogens is 510 g/mol. The van der Waals surface area contributed by atoms with E-state index in [1.807, 2.05) is 17.7 Å². The highest BCUT2D eigenvalue weighted by molar-refractivity contribution is 7.88. The molecule has 0 aromatic carbocycles. The summed E-state index contributed by atoms with van der Waals surface area (Å²) in [7, 11) is 0.481. The van der Waals surface area contributed by atoms with Crippen LogP contribution in [0.3, 0.4) is 0 Å². The maximum Gasteiger partial charge on any atom is 0.274 e. The standard InChI is InChI=1S/C24H31N9O4S/c1-29-14-17(16-4-5-25-19(16)24(29)34)21-27-22-20(23(28-21)32-10-12-37-13-11-32)26-18(30(22)2)15-31-6-8-33(9-7-31)38(3,35)36/h4-5,14,25H,6-13,15H2,1-3H3. The summed E-state index contributed by atoms with van der Waals surface area (Å²) in [6.07, 6.45) is 4.79. The van der Waals surface area contributed by atoms with Crippen LogP contribution < -0.4 is 10.5 Å². The molecule has 38 heavy (non-hydrogen) atoms. The number of morpholine rings is 1. The van der Waals surface area contributed by atoms with E-state index < -0.39 is 10.0 Å². The van der Waals surface area contributed by atoms with Crippen molar-refractivity contribution in [2.45, 2.75) is 6.54 Å². The van der Waals surface area contributed by atoms with Gasteiger partial charge in [-0.05, 0) is 6.07 Å². The number of piperazine rings is 1. The molecule has 202 valence electrons. The van der Waals surface area contributed by atoms with Crippen molar-refractivity contribution in [2.24, 2.45) is 14.1 Å². The first kappa shape index (κ1) is 25.0. The number of hydrogen-bond acceptors (Lipinski definition) is 9. The van der Waals surface area contributed by atoms with Gasteiger partial charge in [-0.25, -0.2) is 23.4 Å². The fourth-order valence-corrected chi connectivity index (χ4v) is 6.04. The lowest BCUT2D eigenvalue weighted by atomic mass is 10.1. The highest BCUT2D eigenvalue weighted by Crippen LogP contribution is 2.31. The predicted octanol–water partition coefficient (Wildman–Crippen LogP) is 0.124.